The monoisotopic (exact) mass is 278 g/mol. The molecule has 0 aliphatic heterocycles. The molecular formula is C9H10O8S. The fraction of sp³-hybridized carbons (Fsp3) is 0.222. The van der Waals surface area contributed by atoms with Crippen molar-refractivity contribution < 1.29 is 37.3 Å². The number of phenols is 1. The summed E-state index contributed by atoms with van der Waals surface area (Å²) in [5, 5.41) is 26.9. The van der Waals surface area contributed by atoms with Crippen LogP contribution in [0.1, 0.15) is 5.56 Å². The third kappa shape index (κ3) is 4.20. The van der Waals surface area contributed by atoms with E-state index in [2.05, 4.69) is 4.18 Å². The Labute approximate surface area is 102 Å². The summed E-state index contributed by atoms with van der Waals surface area (Å²) in [6.45, 7) is 0. The van der Waals surface area contributed by atoms with Crippen LogP contribution in [-0.2, 0) is 21.6 Å². The molecule has 100 valence electrons. The molecule has 0 saturated carbocycles. The number of aromatic hydroxyl groups is 1. The lowest BCUT2D eigenvalue weighted by Crippen LogP contribution is -2.22. The fourth-order valence-electron chi connectivity index (χ4n) is 1.18. The summed E-state index contributed by atoms with van der Waals surface area (Å²) < 4.78 is 33.5. The van der Waals surface area contributed by atoms with Crippen molar-refractivity contribution in [3.05, 3.63) is 23.8 Å². The molecule has 1 unspecified atom stereocenters. The Kier molecular flexibility index (Phi) is 4.11. The second kappa shape index (κ2) is 5.21. The zero-order valence-electron chi connectivity index (χ0n) is 8.85. The molecule has 0 radical (unpaired) electrons. The number of aliphatic carboxylic acids is 1. The molecule has 1 aromatic rings. The Balaban J connectivity index is 2.97. The van der Waals surface area contributed by atoms with Crippen LogP contribution in [0, 0.1) is 0 Å². The van der Waals surface area contributed by atoms with Crippen LogP contribution in [-0.4, -0.2) is 40.4 Å². The minimum Gasteiger partial charge on any atom is -0.504 e. The van der Waals surface area contributed by atoms with Gasteiger partial charge in [-0.05, 0) is 17.7 Å². The Hall–Kier alpha value is -1.84. The average Bonchev–Trinajstić information content (AvgIpc) is 2.20. The lowest BCUT2D eigenvalue weighted by atomic mass is 10.1. The topological polar surface area (TPSA) is 141 Å². The summed E-state index contributed by atoms with van der Waals surface area (Å²) in [6.07, 6.45) is -1.98. The number of hydrogen-bond donors (Lipinski definition) is 4. The minimum atomic E-state index is -4.80. The molecule has 0 fully saturated rings. The molecule has 0 spiro atoms. The Bertz CT molecular complexity index is 550. The highest BCUT2D eigenvalue weighted by Gasteiger charge is 2.17. The Morgan fingerprint density at radius 1 is 1.39 bits per heavy atom. The van der Waals surface area contributed by atoms with Gasteiger partial charge in [-0.1, -0.05) is 6.07 Å². The predicted octanol–water partition coefficient (Wildman–Crippen LogP) is -0.438. The molecule has 0 bridgehead atoms. The van der Waals surface area contributed by atoms with Crippen molar-refractivity contribution in [1.29, 1.82) is 0 Å². The van der Waals surface area contributed by atoms with Crippen molar-refractivity contribution in [3.63, 3.8) is 0 Å². The number of carboxylic acids is 1. The SMILES string of the molecule is O=C(O)C(O)Cc1ccc(O)c(OS(=O)(=O)O)c1. The third-order valence-corrected chi connectivity index (χ3v) is 2.32. The lowest BCUT2D eigenvalue weighted by molar-refractivity contribution is -0.146. The number of aliphatic hydroxyl groups excluding tert-OH is 1. The van der Waals surface area contributed by atoms with Crippen molar-refractivity contribution in [2.24, 2.45) is 0 Å². The minimum absolute atomic E-state index is 0.210. The first-order valence-corrected chi connectivity index (χ1v) is 5.95. The van der Waals surface area contributed by atoms with Gasteiger partial charge in [-0.2, -0.15) is 8.42 Å². The quantitative estimate of drug-likeness (QED) is 0.531. The van der Waals surface area contributed by atoms with E-state index in [-0.39, 0.29) is 12.0 Å². The van der Waals surface area contributed by atoms with Gasteiger partial charge < -0.3 is 19.5 Å². The summed E-state index contributed by atoms with van der Waals surface area (Å²) in [7, 11) is -4.80. The summed E-state index contributed by atoms with van der Waals surface area (Å²) in [5.41, 5.74) is 0.210. The van der Waals surface area contributed by atoms with Crippen LogP contribution in [0.25, 0.3) is 0 Å². The second-order valence-electron chi connectivity index (χ2n) is 3.37. The van der Waals surface area contributed by atoms with Gasteiger partial charge in [-0.3, -0.25) is 4.55 Å². The van der Waals surface area contributed by atoms with Gasteiger partial charge in [0.1, 0.15) is 0 Å². The maximum atomic E-state index is 10.5. The van der Waals surface area contributed by atoms with Crippen LogP contribution in [0.2, 0.25) is 0 Å². The van der Waals surface area contributed by atoms with E-state index >= 15 is 0 Å². The standard InChI is InChI=1S/C9H10O8S/c10-6-2-1-5(3-7(11)9(12)13)4-8(6)17-18(14,15)16/h1-2,4,7,10-11H,3H2,(H,12,13)(H,14,15,16). The van der Waals surface area contributed by atoms with Gasteiger partial charge in [0.25, 0.3) is 0 Å². The molecule has 4 N–H and O–H groups in total. The summed E-state index contributed by atoms with van der Waals surface area (Å²) in [5.74, 6) is -2.56. The van der Waals surface area contributed by atoms with Gasteiger partial charge in [0, 0.05) is 6.42 Å². The second-order valence-corrected chi connectivity index (χ2v) is 4.39. The van der Waals surface area contributed by atoms with Crippen molar-refractivity contribution in [1.82, 2.24) is 0 Å². The van der Waals surface area contributed by atoms with E-state index in [1.165, 1.54) is 6.07 Å². The zero-order chi connectivity index (χ0) is 13.9. The number of benzene rings is 1. The first-order chi connectivity index (χ1) is 8.19. The molecular weight excluding hydrogens is 268 g/mol. The molecule has 9 heteroatoms. The van der Waals surface area contributed by atoms with Gasteiger partial charge in [-0.25, -0.2) is 4.79 Å². The summed E-state index contributed by atoms with van der Waals surface area (Å²) in [6, 6.07) is 3.32. The maximum absolute atomic E-state index is 10.5. The van der Waals surface area contributed by atoms with E-state index in [4.69, 9.17) is 14.8 Å². The molecule has 0 aliphatic rings. The first kappa shape index (κ1) is 14.2. The first-order valence-electron chi connectivity index (χ1n) is 4.58. The Morgan fingerprint density at radius 2 is 2.00 bits per heavy atom. The van der Waals surface area contributed by atoms with E-state index in [1.807, 2.05) is 0 Å². The van der Waals surface area contributed by atoms with Gasteiger partial charge >= 0.3 is 16.4 Å². The number of phenolic OH excluding ortho intramolecular Hbond substituents is 1. The number of carbonyl (C=O) groups is 1. The average molecular weight is 278 g/mol. The van der Waals surface area contributed by atoms with Gasteiger partial charge in [0.2, 0.25) is 0 Å². The lowest BCUT2D eigenvalue weighted by Gasteiger charge is -2.08. The molecule has 8 nitrogen and oxygen atoms in total. The highest BCUT2D eigenvalue weighted by molar-refractivity contribution is 7.81. The molecule has 1 rings (SSSR count). The van der Waals surface area contributed by atoms with Crippen LogP contribution < -0.4 is 4.18 Å². The predicted molar refractivity (Wildman–Crippen MR) is 57.6 cm³/mol. The van der Waals surface area contributed by atoms with Crippen molar-refractivity contribution in [3.8, 4) is 11.5 Å². The molecule has 1 aromatic carbocycles. The molecule has 1 atom stereocenters. The van der Waals surface area contributed by atoms with E-state index in [9.17, 15) is 18.3 Å². The zero-order valence-corrected chi connectivity index (χ0v) is 9.66. The van der Waals surface area contributed by atoms with Gasteiger partial charge in [-0.15, -0.1) is 0 Å². The maximum Gasteiger partial charge on any atom is 0.446 e. The van der Waals surface area contributed by atoms with E-state index < -0.39 is 34.0 Å². The number of carboxylic acid groups (broad SMARTS) is 1. The van der Waals surface area contributed by atoms with Crippen molar-refractivity contribution >= 4 is 16.4 Å². The molecule has 0 amide bonds. The fourth-order valence-corrected chi connectivity index (χ4v) is 1.54. The van der Waals surface area contributed by atoms with Crippen LogP contribution in [0.4, 0.5) is 0 Å². The highest BCUT2D eigenvalue weighted by Crippen LogP contribution is 2.28. The number of aliphatic hydroxyl groups is 1. The molecule has 0 aromatic heterocycles. The van der Waals surface area contributed by atoms with E-state index in [0.717, 1.165) is 12.1 Å². The van der Waals surface area contributed by atoms with Crippen LogP contribution >= 0.6 is 0 Å². The molecule has 18 heavy (non-hydrogen) atoms. The van der Waals surface area contributed by atoms with E-state index in [0.29, 0.717) is 0 Å². The third-order valence-electron chi connectivity index (χ3n) is 1.93. The normalized spacial score (nSPS) is 13.0. The van der Waals surface area contributed by atoms with Gasteiger partial charge in [0.15, 0.2) is 17.6 Å². The number of rotatable bonds is 5. The summed E-state index contributed by atoms with van der Waals surface area (Å²) >= 11 is 0. The molecule has 0 aliphatic carbocycles. The highest BCUT2D eigenvalue weighted by atomic mass is 32.3. The van der Waals surface area contributed by atoms with Crippen LogP contribution in [0.5, 0.6) is 11.5 Å². The van der Waals surface area contributed by atoms with Gasteiger partial charge in [0.05, 0.1) is 0 Å². The van der Waals surface area contributed by atoms with E-state index in [1.54, 1.807) is 0 Å². The van der Waals surface area contributed by atoms with Crippen molar-refractivity contribution in [2.75, 3.05) is 0 Å². The van der Waals surface area contributed by atoms with Crippen LogP contribution in [0.3, 0.4) is 0 Å². The van der Waals surface area contributed by atoms with Crippen LogP contribution in [0.15, 0.2) is 18.2 Å². The molecule has 0 heterocycles. The smallest absolute Gasteiger partial charge is 0.446 e. The number of hydrogen-bond acceptors (Lipinski definition) is 6. The Morgan fingerprint density at radius 3 is 2.50 bits per heavy atom. The van der Waals surface area contributed by atoms with Crippen molar-refractivity contribution in [2.45, 2.75) is 12.5 Å². The molecule has 0 saturated heterocycles. The summed E-state index contributed by atoms with van der Waals surface area (Å²) in [4.78, 5) is 10.4. The largest absolute Gasteiger partial charge is 0.504 e.